The lowest BCUT2D eigenvalue weighted by Crippen LogP contribution is -2.54. The Bertz CT molecular complexity index is 6290. The van der Waals surface area contributed by atoms with Crippen LogP contribution in [-0.4, -0.2) is 185 Å². The first-order valence-electron chi connectivity index (χ1n) is 45.4. The molecule has 6 aliphatic carbocycles. The number of benzene rings is 6. The number of carbonyl (C=O) groups is 8. The van der Waals surface area contributed by atoms with Crippen molar-refractivity contribution in [2.45, 2.75) is 198 Å². The number of hydrogen-bond donors (Lipinski definition) is 8. The normalized spacial score (nSPS) is 24.6. The Morgan fingerprint density at radius 1 is 0.431 bits per heavy atom. The zero-order chi connectivity index (χ0) is 91.0. The number of aromatic nitrogens is 8. The van der Waals surface area contributed by atoms with Gasteiger partial charge in [0.15, 0.2) is 0 Å². The zero-order valence-electron chi connectivity index (χ0n) is 74.3. The number of rotatable bonds is 22. The standard InChI is InChI=1S/C98H106F4N16O12/c1-46(2)77(111-91(123)127-8)87(119)116-45-96(41-76(116)84-104-43-74(110-84)55-17-25-64-62-23-15-51(34-66(62)98(101,102)68(64)36-55)53-19-27-70-72(38-53)108-86(106-70)82-57-13-21-60(32-57)118(82)90(122)79(48(5)6)113-93(125)129-10)39-58(96)30-49(7)80(114-94(126)130-11)88(120)115-44-95(28-29-95)40-75(115)83-103-42-73(109-83)54-16-24-63-61-22-14-50(33-65(61)97(99,100)67(63)35-54)52-18-26-69-71(37-52)107-85(105-69)81-56-12-20-59(31-56)117(81)89(121)78(47(3)4)112-92(124)128-9/h14-19,22-27,33-38,42-43,46-49,56-60,75-82H,12-13,20-21,28-32,39-41,44-45H2,1-11H3,(H,103,109)(H,104,110)(H,105,107)(H,106,108)(H,111,123)(H,112,124)(H,113,125)(H,114,126)/t49?,56-,57-,58?,59+,60+,75+,76-,77+,78-,79+,80-,81-,82-,96?/m0/s1. The minimum atomic E-state index is -3.43. The number of nitrogens with one attached hydrogen (secondary N) is 8. The Morgan fingerprint density at radius 2 is 0.800 bits per heavy atom. The first kappa shape index (κ1) is 85.5. The molecule has 4 saturated heterocycles. The molecule has 8 fully saturated rings. The van der Waals surface area contributed by atoms with Crippen molar-refractivity contribution >= 4 is 70.1 Å². The summed E-state index contributed by atoms with van der Waals surface area (Å²) in [6, 6.07) is 25.7. The second kappa shape index (κ2) is 31.9. The molecule has 6 aromatic carbocycles. The van der Waals surface area contributed by atoms with E-state index in [1.807, 2.05) is 107 Å². The SMILES string of the molecule is COC(=O)N[C@H](C(=O)N1[C@@H]2CC[C@@H](C2)[C@H]1c1nc2ccc(-c3ccc4c(c3)C(F)(F)c3cc(-c5cnc([C@H]6CC7(CC7)CN6C(=O)[C@@H](NC(=O)OC)C(C)CC6CC67C[C@@H](c6ncc(-c8ccc9c(c8)C(F)(F)c8cc(-c%10ccc%11nc([C@@H]%12[C@H]%13CC[C@H](C%13)N%12C(=O)[C@H](NC(=O)OC)C(C)C)[nH]c%11c%10)ccc8-9)[nH]6)N(C(=O)[C@H](NC(=O)OC)C(C)C)C7)[nH]5)ccc3-4)cc2[nH]1)C(C)C. The number of aromatic amines is 4. The number of alkyl carbamates (subject to hydrolysis) is 4. The van der Waals surface area contributed by atoms with Gasteiger partial charge in [-0.1, -0.05) is 109 Å². The van der Waals surface area contributed by atoms with E-state index in [9.17, 15) is 28.8 Å². The maximum atomic E-state index is 17.4. The Morgan fingerprint density at radius 3 is 1.22 bits per heavy atom. The van der Waals surface area contributed by atoms with Gasteiger partial charge in [0.25, 0.3) is 11.8 Å². The second-order valence-electron chi connectivity index (χ2n) is 39.1. The fourth-order valence-electron chi connectivity index (χ4n) is 23.2. The smallest absolute Gasteiger partial charge is 0.407 e. The van der Waals surface area contributed by atoms with Gasteiger partial charge in [-0.3, -0.25) is 19.2 Å². The fourth-order valence-corrected chi connectivity index (χ4v) is 23.2. The number of nitrogens with zero attached hydrogens (tertiary/aromatic N) is 8. The number of hydrogen-bond acceptors (Lipinski definition) is 16. The van der Waals surface area contributed by atoms with E-state index in [2.05, 4.69) is 41.2 Å². The molecule has 20 rings (SSSR count). The number of amides is 8. The van der Waals surface area contributed by atoms with Gasteiger partial charge in [-0.2, -0.15) is 17.6 Å². The number of H-pyrrole nitrogens is 4. The lowest BCUT2D eigenvalue weighted by atomic mass is 9.89. The molecule has 8 N–H and O–H groups in total. The molecule has 10 aliphatic rings. The van der Waals surface area contributed by atoms with Crippen molar-refractivity contribution in [3.05, 3.63) is 167 Å². The molecule has 4 aliphatic heterocycles. The largest absolute Gasteiger partial charge is 0.453 e. The maximum absolute atomic E-state index is 17.4. The van der Waals surface area contributed by atoms with Crippen LogP contribution < -0.4 is 21.3 Å². The highest BCUT2D eigenvalue weighted by Crippen LogP contribution is 2.66. The van der Waals surface area contributed by atoms with Crippen LogP contribution in [-0.2, 0) is 50.0 Å². The van der Waals surface area contributed by atoms with E-state index in [0.29, 0.717) is 145 Å². The van der Waals surface area contributed by atoms with Gasteiger partial charge in [-0.15, -0.1) is 0 Å². The predicted molar refractivity (Wildman–Crippen MR) is 472 cm³/mol. The van der Waals surface area contributed by atoms with E-state index < -0.39 is 83.8 Å². The number of imidazole rings is 4. The summed E-state index contributed by atoms with van der Waals surface area (Å²) in [4.78, 5) is 152. The number of ether oxygens (including phenoxy) is 4. The number of fused-ring (bicyclic) bond motifs is 12. The topological polar surface area (TPSA) is 349 Å². The maximum Gasteiger partial charge on any atom is 0.407 e. The molecule has 32 heteroatoms. The Labute approximate surface area is 747 Å². The molecule has 4 aromatic heterocycles. The second-order valence-corrected chi connectivity index (χ2v) is 39.1. The summed E-state index contributed by atoms with van der Waals surface area (Å²) >= 11 is 0. The van der Waals surface area contributed by atoms with E-state index in [0.717, 1.165) is 51.4 Å². The van der Waals surface area contributed by atoms with Crippen LogP contribution in [0, 0.1) is 52.3 Å². The number of methoxy groups -OCH3 is 4. The fraction of sp³-hybridized carbons (Fsp3) is 0.469. The quantitative estimate of drug-likeness (QED) is 0.0231. The summed E-state index contributed by atoms with van der Waals surface area (Å²) in [6.07, 6.45) is 9.18. The lowest BCUT2D eigenvalue weighted by Gasteiger charge is -2.37. The Hall–Kier alpha value is -12.6. The van der Waals surface area contributed by atoms with Gasteiger partial charge in [-0.25, -0.2) is 39.1 Å². The minimum absolute atomic E-state index is 0.00355. The van der Waals surface area contributed by atoms with Crippen LogP contribution in [0.15, 0.2) is 122 Å². The van der Waals surface area contributed by atoms with E-state index in [1.165, 1.54) is 46.6 Å². The van der Waals surface area contributed by atoms with Gasteiger partial charge in [0.05, 0.1) is 98.5 Å². The molecule has 15 atom stereocenters. The van der Waals surface area contributed by atoms with Crippen molar-refractivity contribution < 1.29 is 74.9 Å². The summed E-state index contributed by atoms with van der Waals surface area (Å²) in [6.45, 7) is 13.7. The van der Waals surface area contributed by atoms with Crippen molar-refractivity contribution in [1.29, 1.82) is 0 Å². The number of piperidine rings is 2. The third-order valence-corrected chi connectivity index (χ3v) is 30.3. The van der Waals surface area contributed by atoms with Gasteiger partial charge in [0.1, 0.15) is 47.5 Å². The number of alkyl halides is 4. The van der Waals surface area contributed by atoms with Crippen LogP contribution in [0.3, 0.4) is 0 Å². The zero-order valence-corrected chi connectivity index (χ0v) is 74.3. The minimum Gasteiger partial charge on any atom is -0.453 e. The van der Waals surface area contributed by atoms with Crippen molar-refractivity contribution in [2.75, 3.05) is 41.5 Å². The average molecular weight is 1780 g/mol. The van der Waals surface area contributed by atoms with E-state index in [4.69, 9.17) is 38.9 Å². The van der Waals surface area contributed by atoms with Crippen LogP contribution in [0.5, 0.6) is 0 Å². The van der Waals surface area contributed by atoms with Gasteiger partial charge >= 0.3 is 24.4 Å². The monoisotopic (exact) mass is 1770 g/mol. The van der Waals surface area contributed by atoms with Crippen LogP contribution in [0.25, 0.3) is 89.1 Å². The van der Waals surface area contributed by atoms with Gasteiger partial charge in [0.2, 0.25) is 23.6 Å². The molecular formula is C98H106F4N16O12. The molecule has 3 unspecified atom stereocenters. The van der Waals surface area contributed by atoms with Crippen LogP contribution in [0.2, 0.25) is 0 Å². The molecule has 8 amide bonds. The van der Waals surface area contributed by atoms with Gasteiger partial charge < -0.3 is 79.8 Å². The van der Waals surface area contributed by atoms with Crippen molar-refractivity contribution in [3.8, 4) is 67.0 Å². The molecule has 0 radical (unpaired) electrons. The highest BCUT2D eigenvalue weighted by atomic mass is 19.3. The van der Waals surface area contributed by atoms with E-state index in [1.54, 1.807) is 64.7 Å². The summed E-state index contributed by atoms with van der Waals surface area (Å²) < 4.78 is 89.3. The summed E-state index contributed by atoms with van der Waals surface area (Å²) in [5, 5.41) is 11.1. The molecule has 10 aromatic rings. The van der Waals surface area contributed by atoms with Crippen LogP contribution in [0.4, 0.5) is 36.7 Å². The van der Waals surface area contributed by atoms with Crippen LogP contribution in [0.1, 0.15) is 195 Å². The van der Waals surface area contributed by atoms with E-state index >= 15 is 27.2 Å². The van der Waals surface area contributed by atoms with Crippen molar-refractivity contribution in [1.82, 2.24) is 80.7 Å². The number of carbonyl (C=O) groups excluding carboxylic acids is 8. The average Bonchev–Trinajstić information content (AvgIpc) is 1.53. The molecule has 28 nitrogen and oxygen atoms in total. The molecule has 4 bridgehead atoms. The van der Waals surface area contributed by atoms with Crippen molar-refractivity contribution in [3.63, 3.8) is 0 Å². The third kappa shape index (κ3) is 14.4. The molecule has 130 heavy (non-hydrogen) atoms. The molecule has 2 spiro atoms. The highest BCUT2D eigenvalue weighted by molar-refractivity contribution is 5.93. The Kier molecular flexibility index (Phi) is 21.0. The number of halogens is 4. The van der Waals surface area contributed by atoms with E-state index in [-0.39, 0.29) is 118 Å². The first-order valence-corrected chi connectivity index (χ1v) is 45.4. The third-order valence-electron chi connectivity index (χ3n) is 30.3. The van der Waals surface area contributed by atoms with Crippen molar-refractivity contribution in [2.24, 2.45) is 52.3 Å². The first-order chi connectivity index (χ1) is 62.3. The van der Waals surface area contributed by atoms with Gasteiger partial charge in [0, 0.05) is 58.6 Å². The van der Waals surface area contributed by atoms with Crippen LogP contribution >= 0.6 is 0 Å². The Balaban J connectivity index is 0.519. The summed E-state index contributed by atoms with van der Waals surface area (Å²) in [5.41, 5.74) is 7.20. The molecular weight excluding hydrogens is 1670 g/mol. The predicted octanol–water partition coefficient (Wildman–Crippen LogP) is 16.8. The lowest BCUT2D eigenvalue weighted by molar-refractivity contribution is -0.140. The summed E-state index contributed by atoms with van der Waals surface area (Å²) in [7, 11) is 4.99. The number of likely N-dealkylation sites (tertiary alicyclic amines) is 4. The molecule has 678 valence electrons. The molecule has 4 saturated carbocycles. The summed E-state index contributed by atoms with van der Waals surface area (Å²) in [5.74, 6) is -6.87. The van der Waals surface area contributed by atoms with Gasteiger partial charge in [-0.05, 0) is 222 Å². The molecule has 8 heterocycles. The highest BCUT2D eigenvalue weighted by Gasteiger charge is 2.64.